The number of nitro groups is 1. The zero-order valence-corrected chi connectivity index (χ0v) is 25.7. The Kier molecular flexibility index (Phi) is 8.16. The summed E-state index contributed by atoms with van der Waals surface area (Å²) >= 11 is 9.46. The maximum atomic E-state index is 13.6. The molecule has 4 aromatic carbocycles. The molecule has 0 saturated heterocycles. The summed E-state index contributed by atoms with van der Waals surface area (Å²) in [5.41, 5.74) is 1.83. The Morgan fingerprint density at radius 3 is 2.71 bits per heavy atom. The number of hydrogen-bond donors (Lipinski definition) is 1. The SMILES string of the molecule is Cc1ccccc1NC(=O)COc1c(Br)cc(C=Nn2c(-c3cc4cc(Cl)ccc4o3)nc3ccccc3c2=O)cc1[N+](=O)[O-]. The quantitative estimate of drug-likeness (QED) is 0.100. The van der Waals surface area contributed by atoms with Crippen LogP contribution in [0.25, 0.3) is 33.5 Å². The molecule has 0 aliphatic heterocycles. The van der Waals surface area contributed by atoms with Crippen LogP contribution in [-0.4, -0.2) is 33.3 Å². The first kappa shape index (κ1) is 29.7. The zero-order chi connectivity index (χ0) is 31.7. The number of nitrogens with one attached hydrogen (secondary N) is 1. The summed E-state index contributed by atoms with van der Waals surface area (Å²) in [6, 6.07) is 23.6. The number of benzene rings is 4. The third-order valence-corrected chi connectivity index (χ3v) is 7.61. The smallest absolute Gasteiger partial charge is 0.312 e. The molecular weight excluding hydrogens is 666 g/mol. The molecule has 0 unspecified atom stereocenters. The maximum absolute atomic E-state index is 13.6. The molecule has 6 rings (SSSR count). The van der Waals surface area contributed by atoms with E-state index in [9.17, 15) is 19.7 Å². The molecular formula is C32H21BrClN5O6. The minimum absolute atomic E-state index is 0.121. The number of furan rings is 1. The van der Waals surface area contributed by atoms with Gasteiger partial charge in [0.15, 0.2) is 12.4 Å². The lowest BCUT2D eigenvalue weighted by Crippen LogP contribution is -2.21. The normalized spacial score (nSPS) is 11.4. The van der Waals surface area contributed by atoms with E-state index < -0.39 is 28.7 Å². The van der Waals surface area contributed by atoms with Gasteiger partial charge in [-0.2, -0.15) is 9.78 Å². The number of halogens is 2. The Balaban J connectivity index is 1.35. The topological polar surface area (TPSA) is 142 Å². The third kappa shape index (κ3) is 6.19. The van der Waals surface area contributed by atoms with Gasteiger partial charge in [-0.3, -0.25) is 19.7 Å². The Bertz CT molecular complexity index is 2230. The second-order valence-corrected chi connectivity index (χ2v) is 11.2. The molecule has 1 amide bonds. The molecule has 1 N–H and O–H groups in total. The van der Waals surface area contributed by atoms with Gasteiger partial charge >= 0.3 is 5.69 Å². The van der Waals surface area contributed by atoms with Crippen LogP contribution in [0.3, 0.4) is 0 Å². The van der Waals surface area contributed by atoms with Gasteiger partial charge in [-0.25, -0.2) is 4.98 Å². The molecule has 45 heavy (non-hydrogen) atoms. The number of aromatic nitrogens is 2. The van der Waals surface area contributed by atoms with Crippen molar-refractivity contribution in [1.82, 2.24) is 9.66 Å². The molecule has 2 heterocycles. The molecule has 6 aromatic rings. The van der Waals surface area contributed by atoms with E-state index in [2.05, 4.69) is 31.3 Å². The number of anilines is 1. The van der Waals surface area contributed by atoms with Gasteiger partial charge < -0.3 is 14.5 Å². The number of carbonyl (C=O) groups excluding carboxylic acids is 1. The molecule has 0 radical (unpaired) electrons. The van der Waals surface area contributed by atoms with Crippen molar-refractivity contribution in [3.63, 3.8) is 0 Å². The minimum atomic E-state index is -0.634. The van der Waals surface area contributed by atoms with Crippen molar-refractivity contribution in [1.29, 1.82) is 0 Å². The minimum Gasteiger partial charge on any atom is -0.476 e. The van der Waals surface area contributed by atoms with Crippen LogP contribution in [0.1, 0.15) is 11.1 Å². The highest BCUT2D eigenvalue weighted by molar-refractivity contribution is 9.10. The molecule has 2 aromatic heterocycles. The molecule has 0 spiro atoms. The summed E-state index contributed by atoms with van der Waals surface area (Å²) in [6.07, 6.45) is 1.29. The van der Waals surface area contributed by atoms with Gasteiger partial charge in [-0.15, -0.1) is 0 Å². The van der Waals surface area contributed by atoms with Gasteiger partial charge in [-0.1, -0.05) is 41.9 Å². The highest BCUT2D eigenvalue weighted by atomic mass is 79.9. The standard InChI is InChI=1S/C32H21BrClN5O6/c1-18-6-2-4-8-24(18)36-29(40)17-44-30-23(33)12-19(13-26(30)39(42)43)16-35-38-31(37-25-9-5-3-7-22(25)32(38)41)28-15-20-14-21(34)10-11-27(20)45-28/h2-16H,17H2,1H3,(H,36,40). The van der Waals surface area contributed by atoms with E-state index in [1.54, 1.807) is 60.7 Å². The van der Waals surface area contributed by atoms with Crippen LogP contribution in [0.5, 0.6) is 5.75 Å². The van der Waals surface area contributed by atoms with Crippen molar-refractivity contribution in [2.75, 3.05) is 11.9 Å². The fourth-order valence-electron chi connectivity index (χ4n) is 4.63. The summed E-state index contributed by atoms with van der Waals surface area (Å²) in [5.74, 6) is -0.231. The van der Waals surface area contributed by atoms with Gasteiger partial charge in [0.05, 0.1) is 26.5 Å². The Labute approximate surface area is 268 Å². The van der Waals surface area contributed by atoms with Crippen molar-refractivity contribution in [2.45, 2.75) is 6.92 Å². The second kappa shape index (κ2) is 12.3. The molecule has 224 valence electrons. The number of carbonyl (C=O) groups is 1. The number of hydrogen-bond acceptors (Lipinski definition) is 8. The van der Waals surface area contributed by atoms with E-state index in [0.717, 1.165) is 10.2 Å². The molecule has 0 fully saturated rings. The van der Waals surface area contributed by atoms with Gasteiger partial charge in [0.2, 0.25) is 11.6 Å². The largest absolute Gasteiger partial charge is 0.476 e. The number of aryl methyl sites for hydroxylation is 1. The van der Waals surface area contributed by atoms with Crippen LogP contribution < -0.4 is 15.6 Å². The van der Waals surface area contributed by atoms with E-state index in [0.29, 0.717) is 32.6 Å². The summed E-state index contributed by atoms with van der Waals surface area (Å²) < 4.78 is 12.8. The summed E-state index contributed by atoms with van der Waals surface area (Å²) in [5, 5.41) is 20.6. The predicted molar refractivity (Wildman–Crippen MR) is 175 cm³/mol. The average Bonchev–Trinajstić information content (AvgIpc) is 3.44. The lowest BCUT2D eigenvalue weighted by molar-refractivity contribution is -0.385. The molecule has 0 saturated carbocycles. The van der Waals surface area contributed by atoms with Crippen LogP contribution in [-0.2, 0) is 4.79 Å². The monoisotopic (exact) mass is 685 g/mol. The van der Waals surface area contributed by atoms with Crippen molar-refractivity contribution in [3.8, 4) is 17.3 Å². The molecule has 0 bridgehead atoms. The second-order valence-electron chi connectivity index (χ2n) is 9.87. The Morgan fingerprint density at radius 2 is 1.91 bits per heavy atom. The van der Waals surface area contributed by atoms with Crippen molar-refractivity contribution >= 4 is 72.9 Å². The number of amides is 1. The first-order valence-electron chi connectivity index (χ1n) is 13.4. The highest BCUT2D eigenvalue weighted by Gasteiger charge is 2.22. The number of nitro benzene ring substituents is 1. The maximum Gasteiger partial charge on any atom is 0.312 e. The van der Waals surface area contributed by atoms with Crippen LogP contribution in [0.4, 0.5) is 11.4 Å². The van der Waals surface area contributed by atoms with E-state index >= 15 is 0 Å². The molecule has 11 nitrogen and oxygen atoms in total. The van der Waals surface area contributed by atoms with E-state index in [1.807, 2.05) is 19.1 Å². The third-order valence-electron chi connectivity index (χ3n) is 6.78. The Hall–Kier alpha value is -5.33. The first-order chi connectivity index (χ1) is 21.7. The van der Waals surface area contributed by atoms with Crippen molar-refractivity contribution < 1.29 is 18.9 Å². The summed E-state index contributed by atoms with van der Waals surface area (Å²) in [4.78, 5) is 42.1. The van der Waals surface area contributed by atoms with E-state index in [4.69, 9.17) is 20.8 Å². The van der Waals surface area contributed by atoms with Gasteiger partial charge in [0.25, 0.3) is 11.5 Å². The number of nitrogens with zero attached hydrogens (tertiary/aromatic N) is 4. The summed E-state index contributed by atoms with van der Waals surface area (Å²) in [7, 11) is 0. The molecule has 13 heteroatoms. The predicted octanol–water partition coefficient (Wildman–Crippen LogP) is 7.34. The first-order valence-corrected chi connectivity index (χ1v) is 14.6. The number of fused-ring (bicyclic) bond motifs is 2. The number of rotatable bonds is 8. The fourth-order valence-corrected chi connectivity index (χ4v) is 5.39. The van der Waals surface area contributed by atoms with Gasteiger partial charge in [0, 0.05) is 27.7 Å². The van der Waals surface area contributed by atoms with Crippen LogP contribution in [0.2, 0.25) is 5.02 Å². The van der Waals surface area contributed by atoms with Crippen molar-refractivity contribution in [3.05, 3.63) is 126 Å². The lowest BCUT2D eigenvalue weighted by Gasteiger charge is -2.11. The van der Waals surface area contributed by atoms with E-state index in [-0.39, 0.29) is 27.4 Å². The van der Waals surface area contributed by atoms with Crippen LogP contribution in [0.15, 0.2) is 104 Å². The van der Waals surface area contributed by atoms with Gasteiger partial charge in [-0.05, 0) is 76.9 Å². The van der Waals surface area contributed by atoms with Gasteiger partial charge in [0.1, 0.15) is 5.58 Å². The number of ether oxygens (including phenoxy) is 1. The van der Waals surface area contributed by atoms with E-state index in [1.165, 1.54) is 18.3 Å². The molecule has 0 atom stereocenters. The zero-order valence-electron chi connectivity index (χ0n) is 23.4. The fraction of sp³-hybridized carbons (Fsp3) is 0.0625. The van der Waals surface area contributed by atoms with Crippen LogP contribution in [0, 0.1) is 17.0 Å². The molecule has 0 aliphatic carbocycles. The highest BCUT2D eigenvalue weighted by Crippen LogP contribution is 2.36. The van der Waals surface area contributed by atoms with Crippen molar-refractivity contribution in [2.24, 2.45) is 5.10 Å². The summed E-state index contributed by atoms with van der Waals surface area (Å²) in [6.45, 7) is 1.38. The molecule has 0 aliphatic rings. The van der Waals surface area contributed by atoms with Crippen LogP contribution >= 0.6 is 27.5 Å². The lowest BCUT2D eigenvalue weighted by atomic mass is 10.2. The Morgan fingerprint density at radius 1 is 1.13 bits per heavy atom. The average molecular weight is 687 g/mol. The number of para-hydroxylation sites is 2.